The molecule has 0 aromatic heterocycles. The van der Waals surface area contributed by atoms with E-state index in [1.165, 1.54) is 64.2 Å². The highest BCUT2D eigenvalue weighted by molar-refractivity contribution is 5.07. The van der Waals surface area contributed by atoms with Crippen molar-refractivity contribution in [2.24, 2.45) is 23.7 Å². The molecule has 2 saturated carbocycles. The number of rotatable bonds is 5. The van der Waals surface area contributed by atoms with Crippen LogP contribution < -0.4 is 0 Å². The highest BCUT2D eigenvalue weighted by atomic mass is 19.2. The van der Waals surface area contributed by atoms with Crippen LogP contribution in [0.15, 0.2) is 18.2 Å². The van der Waals surface area contributed by atoms with Crippen LogP contribution in [0.5, 0.6) is 0 Å². The van der Waals surface area contributed by atoms with E-state index in [1.807, 2.05) is 0 Å². The lowest BCUT2D eigenvalue weighted by Gasteiger charge is -2.37. The molecule has 0 unspecified atom stereocenters. The fourth-order valence-corrected chi connectivity index (χ4v) is 4.93. The largest absolute Gasteiger partial charge is 0.251 e. The molecule has 154 valence electrons. The summed E-state index contributed by atoms with van der Waals surface area (Å²) in [6.07, 6.45) is 15.0. The topological polar surface area (TPSA) is 0 Å². The van der Waals surface area contributed by atoms with Crippen molar-refractivity contribution in [1.82, 2.24) is 0 Å². The van der Waals surface area contributed by atoms with Crippen molar-refractivity contribution in [2.75, 3.05) is 6.67 Å². The fourth-order valence-electron chi connectivity index (χ4n) is 4.93. The summed E-state index contributed by atoms with van der Waals surface area (Å²) in [7, 11) is 0. The summed E-state index contributed by atoms with van der Waals surface area (Å²) in [5.41, 5.74) is 0. The van der Waals surface area contributed by atoms with Crippen molar-refractivity contribution in [1.29, 1.82) is 0 Å². The van der Waals surface area contributed by atoms with Gasteiger partial charge in [0, 0.05) is 6.07 Å². The Morgan fingerprint density at radius 2 is 1.26 bits per heavy atom. The predicted molar refractivity (Wildman–Crippen MR) is 103 cm³/mol. The molecule has 2 fully saturated rings. The summed E-state index contributed by atoms with van der Waals surface area (Å²) in [6, 6.07) is 2.10. The zero-order chi connectivity index (χ0) is 19.6. The van der Waals surface area contributed by atoms with Crippen molar-refractivity contribution in [2.45, 2.75) is 77.6 Å². The third-order valence-electron chi connectivity index (χ3n) is 6.55. The lowest BCUT2D eigenvalue weighted by molar-refractivity contribution is 0.138. The van der Waals surface area contributed by atoms with Crippen LogP contribution in [0.3, 0.4) is 0 Å². The number of hydrogen-bond acceptors (Lipinski definition) is 0. The van der Waals surface area contributed by atoms with Gasteiger partial charge >= 0.3 is 0 Å². The van der Waals surface area contributed by atoms with Crippen LogP contribution in [-0.4, -0.2) is 6.67 Å². The maximum atomic E-state index is 12.3. The highest BCUT2D eigenvalue weighted by Gasteiger charge is 2.30. The second kappa shape index (κ2) is 11.7. The first-order valence-corrected chi connectivity index (χ1v) is 10.7. The summed E-state index contributed by atoms with van der Waals surface area (Å²) in [4.78, 5) is 0. The van der Waals surface area contributed by atoms with Crippen LogP contribution in [0.25, 0.3) is 0 Å². The van der Waals surface area contributed by atoms with E-state index in [9.17, 15) is 17.6 Å². The molecule has 0 atom stereocenters. The molecule has 0 heterocycles. The maximum Gasteiger partial charge on any atom is 0.161 e. The third kappa shape index (κ3) is 7.46. The van der Waals surface area contributed by atoms with Crippen molar-refractivity contribution in [3.8, 4) is 0 Å². The van der Waals surface area contributed by atoms with Crippen molar-refractivity contribution >= 4 is 0 Å². The van der Waals surface area contributed by atoms with E-state index in [2.05, 4.69) is 6.92 Å². The van der Waals surface area contributed by atoms with Gasteiger partial charge in [-0.15, -0.1) is 0 Å². The van der Waals surface area contributed by atoms with Gasteiger partial charge in [0.15, 0.2) is 11.6 Å². The Hall–Kier alpha value is -1.06. The minimum absolute atomic E-state index is 0.0997. The van der Waals surface area contributed by atoms with Crippen LogP contribution >= 0.6 is 0 Å². The first kappa shape index (κ1) is 22.2. The van der Waals surface area contributed by atoms with E-state index in [1.54, 1.807) is 0 Å². The van der Waals surface area contributed by atoms with Gasteiger partial charge in [0.05, 0.1) is 6.67 Å². The van der Waals surface area contributed by atoms with Crippen LogP contribution in [0.4, 0.5) is 17.6 Å². The standard InChI is InChI=1S/C17H31F.C6H3F3/c1-2-3-14-4-8-16(9-5-14)17-10-6-15(7-11-17)12-13-18;7-4-1-2-5(8)6(9)3-4/h14-17H,2-13H2,1H3;1-3H. The molecule has 1 aromatic rings. The molecule has 0 N–H and O–H groups in total. The number of halogens is 4. The molecule has 2 aliphatic rings. The zero-order valence-electron chi connectivity index (χ0n) is 16.5. The molecule has 0 radical (unpaired) electrons. The number of hydrogen-bond donors (Lipinski definition) is 0. The van der Waals surface area contributed by atoms with Gasteiger partial charge in [-0.2, -0.15) is 0 Å². The summed E-state index contributed by atoms with van der Waals surface area (Å²) in [5, 5.41) is 0. The molecule has 0 saturated heterocycles. The molecule has 0 spiro atoms. The van der Waals surface area contributed by atoms with Gasteiger partial charge in [-0.3, -0.25) is 4.39 Å². The van der Waals surface area contributed by atoms with Gasteiger partial charge < -0.3 is 0 Å². The normalized spacial score (nSPS) is 28.3. The van der Waals surface area contributed by atoms with Gasteiger partial charge in [-0.05, 0) is 67.9 Å². The molecular weight excluding hydrogens is 352 g/mol. The minimum atomic E-state index is -1.16. The van der Waals surface area contributed by atoms with E-state index in [0.29, 0.717) is 12.0 Å². The molecule has 0 nitrogen and oxygen atoms in total. The Balaban J connectivity index is 0.000000244. The van der Waals surface area contributed by atoms with Gasteiger partial charge in [0.1, 0.15) is 5.82 Å². The first-order chi connectivity index (χ1) is 13.0. The lowest BCUT2D eigenvalue weighted by atomic mass is 9.68. The molecule has 0 aliphatic heterocycles. The summed E-state index contributed by atoms with van der Waals surface area (Å²) in [5.74, 6) is 0.796. The molecule has 2 aliphatic carbocycles. The van der Waals surface area contributed by atoms with Crippen LogP contribution in [-0.2, 0) is 0 Å². The van der Waals surface area contributed by atoms with Crippen molar-refractivity contribution < 1.29 is 17.6 Å². The smallest absolute Gasteiger partial charge is 0.161 e. The SMILES string of the molecule is CCCC1CCC(C2CCC(CCF)CC2)CC1.Fc1ccc(F)c(F)c1. The van der Waals surface area contributed by atoms with E-state index in [-0.39, 0.29) is 6.67 Å². The monoisotopic (exact) mass is 386 g/mol. The van der Waals surface area contributed by atoms with Gasteiger partial charge in [-0.25, -0.2) is 13.2 Å². The minimum Gasteiger partial charge on any atom is -0.251 e. The van der Waals surface area contributed by atoms with Gasteiger partial charge in [0.2, 0.25) is 0 Å². The summed E-state index contributed by atoms with van der Waals surface area (Å²) >= 11 is 0. The first-order valence-electron chi connectivity index (χ1n) is 10.7. The summed E-state index contributed by atoms with van der Waals surface area (Å²) in [6.45, 7) is 2.22. The Morgan fingerprint density at radius 3 is 1.67 bits per heavy atom. The summed E-state index contributed by atoms with van der Waals surface area (Å²) < 4.78 is 48.2. The quantitative estimate of drug-likeness (QED) is 0.357. The van der Waals surface area contributed by atoms with Crippen LogP contribution in [0, 0.1) is 41.1 Å². The Labute approximate surface area is 161 Å². The second-order valence-electron chi connectivity index (χ2n) is 8.39. The van der Waals surface area contributed by atoms with Crippen LogP contribution in [0.1, 0.15) is 77.6 Å². The predicted octanol–water partition coefficient (Wildman–Crippen LogP) is 7.86. The molecule has 4 heteroatoms. The Bertz CT molecular complexity index is 505. The van der Waals surface area contributed by atoms with E-state index < -0.39 is 17.5 Å². The number of benzene rings is 1. The van der Waals surface area contributed by atoms with E-state index in [0.717, 1.165) is 36.3 Å². The average molecular weight is 387 g/mol. The van der Waals surface area contributed by atoms with Crippen molar-refractivity contribution in [3.63, 3.8) is 0 Å². The van der Waals surface area contributed by atoms with Gasteiger partial charge in [-0.1, -0.05) is 45.4 Å². The average Bonchev–Trinajstić information content (AvgIpc) is 2.67. The Kier molecular flexibility index (Phi) is 9.64. The molecule has 27 heavy (non-hydrogen) atoms. The van der Waals surface area contributed by atoms with E-state index >= 15 is 0 Å². The lowest BCUT2D eigenvalue weighted by Crippen LogP contribution is -2.26. The van der Waals surface area contributed by atoms with E-state index in [4.69, 9.17) is 0 Å². The molecule has 3 rings (SSSR count). The second-order valence-corrected chi connectivity index (χ2v) is 8.39. The molecule has 0 amide bonds. The maximum absolute atomic E-state index is 12.3. The zero-order valence-corrected chi connectivity index (χ0v) is 16.5. The highest BCUT2D eigenvalue weighted by Crippen LogP contribution is 2.42. The van der Waals surface area contributed by atoms with Crippen LogP contribution in [0.2, 0.25) is 0 Å². The van der Waals surface area contributed by atoms with Crippen molar-refractivity contribution in [3.05, 3.63) is 35.7 Å². The molecular formula is C23H34F4. The Morgan fingerprint density at radius 1 is 0.741 bits per heavy atom. The number of alkyl halides is 1. The van der Waals surface area contributed by atoms with Gasteiger partial charge in [0.25, 0.3) is 0 Å². The fraction of sp³-hybridized carbons (Fsp3) is 0.739. The molecule has 0 bridgehead atoms. The third-order valence-corrected chi connectivity index (χ3v) is 6.55. The molecule has 1 aromatic carbocycles.